The molecule has 0 fully saturated rings. The number of rotatable bonds is 10. The van der Waals surface area contributed by atoms with E-state index in [0.717, 1.165) is 11.3 Å². The summed E-state index contributed by atoms with van der Waals surface area (Å²) in [6.07, 6.45) is 0. The first-order valence-corrected chi connectivity index (χ1v) is 11.6. The van der Waals surface area contributed by atoms with E-state index in [-0.39, 0.29) is 23.5 Å². The van der Waals surface area contributed by atoms with Gasteiger partial charge >= 0.3 is 0 Å². The Hall–Kier alpha value is -3.72. The molecule has 0 unspecified atom stereocenters. The minimum atomic E-state index is -3.77. The topological polar surface area (TPSA) is 103 Å². The summed E-state index contributed by atoms with van der Waals surface area (Å²) in [5, 5.41) is 2.86. The highest BCUT2D eigenvalue weighted by Gasteiger charge is 2.15. The zero-order valence-electron chi connectivity index (χ0n) is 18.6. The van der Waals surface area contributed by atoms with Crippen LogP contribution in [0.15, 0.2) is 77.7 Å². The Morgan fingerprint density at radius 2 is 1.33 bits per heavy atom. The number of carbonyl (C=O) groups is 1. The number of hydrogen-bond donors (Lipinski definition) is 2. The van der Waals surface area contributed by atoms with Crippen molar-refractivity contribution in [1.29, 1.82) is 0 Å². The maximum absolute atomic E-state index is 12.6. The fraction of sp³-hybridized carbons (Fsp3) is 0.208. The smallest absolute Gasteiger partial charge is 0.261 e. The van der Waals surface area contributed by atoms with Gasteiger partial charge in [-0.1, -0.05) is 12.1 Å². The van der Waals surface area contributed by atoms with Gasteiger partial charge in [-0.3, -0.25) is 9.52 Å². The van der Waals surface area contributed by atoms with Crippen LogP contribution >= 0.6 is 0 Å². The second-order valence-electron chi connectivity index (χ2n) is 7.16. The zero-order chi connectivity index (χ0) is 23.8. The van der Waals surface area contributed by atoms with Crippen LogP contribution in [0, 0.1) is 0 Å². The molecule has 0 saturated carbocycles. The average Bonchev–Trinajstić information content (AvgIpc) is 2.83. The molecule has 9 heteroatoms. The number of methoxy groups -OCH3 is 2. The van der Waals surface area contributed by atoms with Crippen LogP contribution in [0.5, 0.6) is 17.2 Å². The van der Waals surface area contributed by atoms with Gasteiger partial charge in [0, 0.05) is 5.69 Å². The van der Waals surface area contributed by atoms with Gasteiger partial charge in [0.2, 0.25) is 0 Å². The summed E-state index contributed by atoms with van der Waals surface area (Å²) in [6, 6.07) is 19.6. The maximum Gasteiger partial charge on any atom is 0.261 e. The number of benzene rings is 3. The number of hydrogen-bond acceptors (Lipinski definition) is 6. The molecule has 0 aliphatic rings. The third-order valence-electron chi connectivity index (χ3n) is 4.84. The van der Waals surface area contributed by atoms with Crippen LogP contribution in [0.2, 0.25) is 0 Å². The van der Waals surface area contributed by atoms with Crippen molar-refractivity contribution in [3.8, 4) is 17.2 Å². The molecule has 3 aromatic carbocycles. The second kappa shape index (κ2) is 10.7. The summed E-state index contributed by atoms with van der Waals surface area (Å²) in [7, 11) is -0.637. The molecule has 0 heterocycles. The van der Waals surface area contributed by atoms with Crippen LogP contribution in [0.4, 0.5) is 5.69 Å². The molecule has 1 amide bonds. The van der Waals surface area contributed by atoms with Crippen molar-refractivity contribution in [3.63, 3.8) is 0 Å². The average molecular weight is 471 g/mol. The van der Waals surface area contributed by atoms with Gasteiger partial charge in [-0.25, -0.2) is 8.42 Å². The highest BCUT2D eigenvalue weighted by atomic mass is 32.2. The van der Waals surface area contributed by atoms with E-state index in [1.807, 2.05) is 31.2 Å². The Balaban J connectivity index is 1.53. The summed E-state index contributed by atoms with van der Waals surface area (Å²) in [5.74, 6) is 1.45. The molecule has 174 valence electrons. The first kappa shape index (κ1) is 23.9. The lowest BCUT2D eigenvalue weighted by atomic mass is 10.1. The monoisotopic (exact) mass is 470 g/mol. The van der Waals surface area contributed by atoms with Gasteiger partial charge < -0.3 is 19.5 Å². The minimum Gasteiger partial charge on any atom is -0.497 e. The summed E-state index contributed by atoms with van der Waals surface area (Å²) < 4.78 is 43.3. The van der Waals surface area contributed by atoms with E-state index in [0.29, 0.717) is 17.2 Å². The molecular formula is C24H26N2O6S. The van der Waals surface area contributed by atoms with Crippen LogP contribution in [-0.2, 0) is 14.8 Å². The molecule has 0 radical (unpaired) electrons. The molecule has 0 spiro atoms. The molecular weight excluding hydrogens is 444 g/mol. The lowest BCUT2D eigenvalue weighted by Crippen LogP contribution is -2.31. The van der Waals surface area contributed by atoms with Gasteiger partial charge in [0.1, 0.15) is 17.2 Å². The highest BCUT2D eigenvalue weighted by molar-refractivity contribution is 7.92. The predicted octanol–water partition coefficient (Wildman–Crippen LogP) is 3.76. The van der Waals surface area contributed by atoms with E-state index in [1.54, 1.807) is 31.4 Å². The Bertz CT molecular complexity index is 1160. The van der Waals surface area contributed by atoms with Gasteiger partial charge in [0.15, 0.2) is 6.61 Å². The van der Waals surface area contributed by atoms with Gasteiger partial charge in [0.05, 0.1) is 25.2 Å². The molecule has 0 bridgehead atoms. The number of nitrogens with one attached hydrogen (secondary N) is 2. The number of ether oxygens (including phenoxy) is 3. The molecule has 0 aliphatic carbocycles. The lowest BCUT2D eigenvalue weighted by molar-refractivity contribution is -0.123. The van der Waals surface area contributed by atoms with E-state index in [9.17, 15) is 13.2 Å². The van der Waals surface area contributed by atoms with E-state index in [2.05, 4.69) is 10.0 Å². The lowest BCUT2D eigenvalue weighted by Gasteiger charge is -2.15. The summed E-state index contributed by atoms with van der Waals surface area (Å²) in [5.41, 5.74) is 1.35. The fourth-order valence-corrected chi connectivity index (χ4v) is 4.05. The van der Waals surface area contributed by atoms with Crippen molar-refractivity contribution in [1.82, 2.24) is 5.32 Å². The summed E-state index contributed by atoms with van der Waals surface area (Å²) >= 11 is 0. The van der Waals surface area contributed by atoms with Crippen molar-refractivity contribution in [2.45, 2.75) is 17.9 Å². The number of amides is 1. The third kappa shape index (κ3) is 6.63. The molecule has 0 aromatic heterocycles. The van der Waals surface area contributed by atoms with Crippen LogP contribution in [-0.4, -0.2) is 35.2 Å². The fourth-order valence-electron chi connectivity index (χ4n) is 3.00. The normalized spacial score (nSPS) is 11.8. The molecule has 1 atom stereocenters. The Morgan fingerprint density at radius 3 is 1.88 bits per heavy atom. The number of sulfonamides is 1. The predicted molar refractivity (Wildman–Crippen MR) is 125 cm³/mol. The Kier molecular flexibility index (Phi) is 7.78. The van der Waals surface area contributed by atoms with Crippen LogP contribution < -0.4 is 24.2 Å². The van der Waals surface area contributed by atoms with Gasteiger partial charge in [0.25, 0.3) is 15.9 Å². The van der Waals surface area contributed by atoms with Crippen molar-refractivity contribution < 1.29 is 27.4 Å². The standard InChI is InChI=1S/C24H26N2O6S/c1-17(18-4-8-20(30-2)9-5-18)25-24(27)16-32-22-12-14-23(15-13-22)33(28,29)26-19-6-10-21(31-3)11-7-19/h4-15,17,26H,16H2,1-3H3,(H,25,27)/t17-/m0/s1. The van der Waals surface area contributed by atoms with Crippen LogP contribution in [0.1, 0.15) is 18.5 Å². The first-order chi connectivity index (χ1) is 15.8. The molecule has 2 N–H and O–H groups in total. The molecule has 3 rings (SSSR count). The summed E-state index contributed by atoms with van der Waals surface area (Å²) in [6.45, 7) is 1.67. The molecule has 0 aliphatic heterocycles. The number of carbonyl (C=O) groups excluding carboxylic acids is 1. The van der Waals surface area contributed by atoms with Crippen LogP contribution in [0.3, 0.4) is 0 Å². The highest BCUT2D eigenvalue weighted by Crippen LogP contribution is 2.21. The quantitative estimate of drug-likeness (QED) is 0.468. The zero-order valence-corrected chi connectivity index (χ0v) is 19.4. The van der Waals surface area contributed by atoms with E-state index in [4.69, 9.17) is 14.2 Å². The molecule has 3 aromatic rings. The van der Waals surface area contributed by atoms with E-state index < -0.39 is 10.0 Å². The summed E-state index contributed by atoms with van der Waals surface area (Å²) in [4.78, 5) is 12.3. The van der Waals surface area contributed by atoms with Crippen molar-refractivity contribution in [3.05, 3.63) is 78.4 Å². The van der Waals surface area contributed by atoms with Crippen molar-refractivity contribution >= 4 is 21.6 Å². The number of anilines is 1. The second-order valence-corrected chi connectivity index (χ2v) is 8.84. The van der Waals surface area contributed by atoms with Gasteiger partial charge in [-0.15, -0.1) is 0 Å². The largest absolute Gasteiger partial charge is 0.497 e. The van der Waals surface area contributed by atoms with Gasteiger partial charge in [-0.05, 0) is 73.2 Å². The Morgan fingerprint density at radius 1 is 0.818 bits per heavy atom. The maximum atomic E-state index is 12.6. The Labute approximate surface area is 193 Å². The molecule has 8 nitrogen and oxygen atoms in total. The van der Waals surface area contributed by atoms with Crippen molar-refractivity contribution in [2.24, 2.45) is 0 Å². The van der Waals surface area contributed by atoms with Gasteiger partial charge in [-0.2, -0.15) is 0 Å². The van der Waals surface area contributed by atoms with E-state index >= 15 is 0 Å². The minimum absolute atomic E-state index is 0.0725. The molecule has 0 saturated heterocycles. The van der Waals surface area contributed by atoms with E-state index in [1.165, 1.54) is 31.4 Å². The van der Waals surface area contributed by atoms with Crippen molar-refractivity contribution in [2.75, 3.05) is 25.5 Å². The molecule has 33 heavy (non-hydrogen) atoms. The first-order valence-electron chi connectivity index (χ1n) is 10.1. The third-order valence-corrected chi connectivity index (χ3v) is 6.24. The van der Waals surface area contributed by atoms with Crippen LogP contribution in [0.25, 0.3) is 0 Å². The SMILES string of the molecule is COc1ccc(NS(=O)(=O)c2ccc(OCC(=O)N[C@@H](C)c3ccc(OC)cc3)cc2)cc1.